The van der Waals surface area contributed by atoms with Crippen LogP contribution in [-0.4, -0.2) is 11.0 Å². The summed E-state index contributed by atoms with van der Waals surface area (Å²) in [6.45, 7) is 0. The maximum Gasteiger partial charge on any atom is 1.00 e. The molecule has 0 unspecified atom stereocenters. The fourth-order valence-electron chi connectivity index (χ4n) is 1.74. The van der Waals surface area contributed by atoms with Gasteiger partial charge in [-0.1, -0.05) is 18.2 Å². The summed E-state index contributed by atoms with van der Waals surface area (Å²) in [6.07, 6.45) is -0.170. The number of para-hydroxylation sites is 1. The summed E-state index contributed by atoms with van der Waals surface area (Å²) in [6, 6.07) is 9.58. The third-order valence-corrected chi connectivity index (χ3v) is 3.42. The molecule has 4 nitrogen and oxygen atoms in total. The summed E-state index contributed by atoms with van der Waals surface area (Å²) in [5.74, 6) is -0.470. The van der Waals surface area contributed by atoms with Crippen molar-refractivity contribution in [2.24, 2.45) is 0 Å². The van der Waals surface area contributed by atoms with E-state index in [0.717, 1.165) is 11.0 Å². The molecule has 0 amide bonds. The van der Waals surface area contributed by atoms with Crippen LogP contribution >= 0.6 is 11.3 Å². The van der Waals surface area contributed by atoms with Gasteiger partial charge in [0.2, 0.25) is 0 Å². The first kappa shape index (κ1) is 14.9. The Labute approximate surface area is 155 Å². The number of aliphatic carboxylic acids is 1. The molecule has 6 heteroatoms. The van der Waals surface area contributed by atoms with E-state index in [2.05, 4.69) is 4.98 Å². The van der Waals surface area contributed by atoms with E-state index < -0.39 is 5.97 Å². The third kappa shape index (κ3) is 3.33. The van der Waals surface area contributed by atoms with Gasteiger partial charge in [-0.05, 0) is 12.1 Å². The van der Waals surface area contributed by atoms with Crippen molar-refractivity contribution in [2.45, 2.75) is 6.42 Å². The van der Waals surface area contributed by atoms with Gasteiger partial charge in [0.15, 0.2) is 10.8 Å². The van der Waals surface area contributed by atoms with E-state index in [9.17, 15) is 9.90 Å². The molecular formula is C13H8KNO3S. The van der Waals surface area contributed by atoms with E-state index in [0.29, 0.717) is 16.5 Å². The van der Waals surface area contributed by atoms with Crippen LogP contribution in [0.15, 0.2) is 40.1 Å². The van der Waals surface area contributed by atoms with E-state index in [4.69, 9.17) is 4.42 Å². The first-order valence-electron chi connectivity index (χ1n) is 5.35. The van der Waals surface area contributed by atoms with Crippen LogP contribution in [0.25, 0.3) is 21.7 Å². The number of carboxylic acid groups (broad SMARTS) is 1. The Morgan fingerprint density at radius 3 is 2.89 bits per heavy atom. The first-order chi connectivity index (χ1) is 8.72. The zero-order chi connectivity index (χ0) is 12.5. The number of hydrogen-bond donors (Lipinski definition) is 0. The molecule has 19 heavy (non-hydrogen) atoms. The molecular weight excluding hydrogens is 289 g/mol. The van der Waals surface area contributed by atoms with Gasteiger partial charge >= 0.3 is 51.4 Å². The van der Waals surface area contributed by atoms with Crippen molar-refractivity contribution in [3.05, 3.63) is 41.4 Å². The van der Waals surface area contributed by atoms with Gasteiger partial charge in [-0.25, -0.2) is 4.98 Å². The number of nitrogens with zero attached hydrogens (tertiary/aromatic N) is 1. The standard InChI is InChI=1S/C13H9NO3S.K/c15-12(16)6-9-7-18-13(14-9)11-5-8-3-1-2-4-10(8)17-11;/h1-5,7H,6H2,(H,15,16);/q;+1/p-1. The Kier molecular flexibility index (Phi) is 4.94. The molecule has 0 radical (unpaired) electrons. The quantitative estimate of drug-likeness (QED) is 0.573. The predicted molar refractivity (Wildman–Crippen MR) is 66.0 cm³/mol. The van der Waals surface area contributed by atoms with Crippen LogP contribution < -0.4 is 56.5 Å². The molecule has 0 saturated carbocycles. The van der Waals surface area contributed by atoms with Gasteiger partial charge in [0, 0.05) is 23.2 Å². The van der Waals surface area contributed by atoms with Gasteiger partial charge in [0.1, 0.15) is 5.58 Å². The maximum absolute atomic E-state index is 10.5. The van der Waals surface area contributed by atoms with Gasteiger partial charge in [-0.3, -0.25) is 0 Å². The molecule has 0 saturated heterocycles. The van der Waals surface area contributed by atoms with Crippen molar-refractivity contribution in [3.63, 3.8) is 0 Å². The second kappa shape index (κ2) is 6.30. The van der Waals surface area contributed by atoms with Crippen LogP contribution in [0, 0.1) is 0 Å². The fraction of sp³-hybridized carbons (Fsp3) is 0.0769. The number of benzene rings is 1. The molecule has 3 rings (SSSR count). The normalized spacial score (nSPS) is 10.3. The van der Waals surface area contributed by atoms with Crippen LogP contribution in [-0.2, 0) is 11.2 Å². The van der Waals surface area contributed by atoms with Gasteiger partial charge in [0.25, 0.3) is 0 Å². The second-order valence-corrected chi connectivity index (χ2v) is 4.70. The summed E-state index contributed by atoms with van der Waals surface area (Å²) < 4.78 is 5.66. The summed E-state index contributed by atoms with van der Waals surface area (Å²) in [5.41, 5.74) is 1.29. The van der Waals surface area contributed by atoms with Crippen molar-refractivity contribution in [1.29, 1.82) is 0 Å². The molecule has 1 aromatic carbocycles. The minimum atomic E-state index is -1.13. The fourth-order valence-corrected chi connectivity index (χ4v) is 2.51. The zero-order valence-electron chi connectivity index (χ0n) is 10.3. The monoisotopic (exact) mass is 297 g/mol. The van der Waals surface area contributed by atoms with Gasteiger partial charge in [0.05, 0.1) is 5.69 Å². The van der Waals surface area contributed by atoms with Crippen LogP contribution in [0.3, 0.4) is 0 Å². The smallest absolute Gasteiger partial charge is 0.550 e. The third-order valence-electron chi connectivity index (χ3n) is 2.51. The van der Waals surface area contributed by atoms with Crippen molar-refractivity contribution in [2.75, 3.05) is 0 Å². The molecule has 0 fully saturated rings. The number of hydrogen-bond acceptors (Lipinski definition) is 5. The van der Waals surface area contributed by atoms with Crippen LogP contribution in [0.5, 0.6) is 0 Å². The number of furan rings is 1. The summed E-state index contributed by atoms with van der Waals surface area (Å²) in [4.78, 5) is 14.7. The molecule has 0 aliphatic rings. The molecule has 3 aromatic rings. The van der Waals surface area contributed by atoms with Crippen LogP contribution in [0.1, 0.15) is 5.69 Å². The van der Waals surface area contributed by atoms with Gasteiger partial charge < -0.3 is 14.3 Å². The molecule has 0 atom stereocenters. The molecule has 0 aliphatic heterocycles. The molecule has 2 heterocycles. The first-order valence-corrected chi connectivity index (χ1v) is 6.23. The van der Waals surface area contributed by atoms with Gasteiger partial charge in [-0.2, -0.15) is 0 Å². The Morgan fingerprint density at radius 1 is 1.37 bits per heavy atom. The van der Waals surface area contributed by atoms with E-state index in [1.54, 1.807) is 5.38 Å². The maximum atomic E-state index is 10.5. The van der Waals surface area contributed by atoms with Crippen molar-refractivity contribution < 1.29 is 65.7 Å². The summed E-state index contributed by atoms with van der Waals surface area (Å²) in [5, 5.41) is 13.9. The zero-order valence-corrected chi connectivity index (χ0v) is 14.2. The molecule has 0 N–H and O–H groups in total. The average molecular weight is 297 g/mol. The molecule has 0 bridgehead atoms. The molecule has 90 valence electrons. The number of thiazole rings is 1. The van der Waals surface area contributed by atoms with Crippen LogP contribution in [0.2, 0.25) is 0 Å². The van der Waals surface area contributed by atoms with Crippen molar-refractivity contribution in [1.82, 2.24) is 4.98 Å². The summed E-state index contributed by atoms with van der Waals surface area (Å²) >= 11 is 1.36. The minimum Gasteiger partial charge on any atom is -0.550 e. The van der Waals surface area contributed by atoms with Gasteiger partial charge in [-0.15, -0.1) is 11.3 Å². The average Bonchev–Trinajstić information content (AvgIpc) is 2.93. The Bertz CT molecular complexity index is 686. The van der Waals surface area contributed by atoms with Crippen LogP contribution in [0.4, 0.5) is 0 Å². The van der Waals surface area contributed by atoms with Crippen molar-refractivity contribution in [3.8, 4) is 10.8 Å². The van der Waals surface area contributed by atoms with E-state index in [1.807, 2.05) is 30.3 Å². The van der Waals surface area contributed by atoms with E-state index in [-0.39, 0.29) is 57.8 Å². The largest absolute Gasteiger partial charge is 1.00 e. The number of carbonyl (C=O) groups is 1. The van der Waals surface area contributed by atoms with E-state index in [1.165, 1.54) is 11.3 Å². The topological polar surface area (TPSA) is 66.2 Å². The Hall–Kier alpha value is -0.504. The summed E-state index contributed by atoms with van der Waals surface area (Å²) in [7, 11) is 0. The number of fused-ring (bicyclic) bond motifs is 1. The minimum absolute atomic E-state index is 0. The molecule has 0 spiro atoms. The number of carbonyl (C=O) groups excluding carboxylic acids is 1. The Morgan fingerprint density at radius 2 is 2.16 bits per heavy atom. The Balaban J connectivity index is 0.00000133. The number of carboxylic acids is 1. The number of rotatable bonds is 3. The molecule has 0 aliphatic carbocycles. The predicted octanol–water partition coefficient (Wildman–Crippen LogP) is -1.15. The number of aromatic nitrogens is 1. The van der Waals surface area contributed by atoms with E-state index >= 15 is 0 Å². The van der Waals surface area contributed by atoms with Crippen molar-refractivity contribution >= 4 is 28.3 Å². The second-order valence-electron chi connectivity index (χ2n) is 3.84. The molecule has 2 aromatic heterocycles. The SMILES string of the molecule is O=C([O-])Cc1csc(-c2cc3ccccc3o2)n1.[K+].